The Hall–Kier alpha value is -1.62. The first-order valence-corrected chi connectivity index (χ1v) is 6.30. The van der Waals surface area contributed by atoms with Crippen molar-refractivity contribution in [3.63, 3.8) is 0 Å². The number of pyridine rings is 1. The third-order valence-electron chi connectivity index (χ3n) is 2.85. The molecular formula is C13H20N4O. The summed E-state index contributed by atoms with van der Waals surface area (Å²) >= 11 is 0. The van der Waals surface area contributed by atoms with Gasteiger partial charge in [0.2, 0.25) is 5.91 Å². The van der Waals surface area contributed by atoms with E-state index in [0.717, 1.165) is 31.6 Å². The molecule has 1 saturated carbocycles. The highest BCUT2D eigenvalue weighted by Gasteiger charge is 2.29. The van der Waals surface area contributed by atoms with E-state index < -0.39 is 0 Å². The number of likely N-dealkylation sites (N-methyl/N-ethyl adjacent to an activating group) is 1. The van der Waals surface area contributed by atoms with Gasteiger partial charge in [0.05, 0.1) is 11.9 Å². The van der Waals surface area contributed by atoms with E-state index in [9.17, 15) is 4.79 Å². The largest absolute Gasteiger partial charge is 0.383 e. The maximum absolute atomic E-state index is 11.5. The third-order valence-corrected chi connectivity index (χ3v) is 2.85. The van der Waals surface area contributed by atoms with Crippen molar-refractivity contribution < 1.29 is 4.79 Å². The molecular weight excluding hydrogens is 228 g/mol. The zero-order valence-electron chi connectivity index (χ0n) is 10.9. The fraction of sp³-hybridized carbons (Fsp3) is 0.538. The van der Waals surface area contributed by atoms with Gasteiger partial charge in [-0.15, -0.1) is 0 Å². The number of nitrogens with one attached hydrogen (secondary N) is 2. The zero-order chi connectivity index (χ0) is 13.0. The van der Waals surface area contributed by atoms with Gasteiger partial charge in [0.15, 0.2) is 0 Å². The molecule has 0 saturated heterocycles. The highest BCUT2D eigenvalue weighted by atomic mass is 16.2. The molecule has 0 unspecified atom stereocenters. The summed E-state index contributed by atoms with van der Waals surface area (Å²) in [5, 5.41) is 6.09. The predicted molar refractivity (Wildman–Crippen MR) is 72.6 cm³/mol. The van der Waals surface area contributed by atoms with Crippen LogP contribution in [-0.4, -0.2) is 43.0 Å². The smallest absolute Gasteiger partial charge is 0.228 e. The Labute approximate surface area is 108 Å². The molecule has 5 heteroatoms. The van der Waals surface area contributed by atoms with Gasteiger partial charge < -0.3 is 15.5 Å². The Morgan fingerprint density at radius 2 is 2.22 bits per heavy atom. The minimum absolute atomic E-state index is 0.0933. The van der Waals surface area contributed by atoms with Crippen LogP contribution in [0.15, 0.2) is 18.3 Å². The second-order valence-corrected chi connectivity index (χ2v) is 4.93. The van der Waals surface area contributed by atoms with Gasteiger partial charge in [-0.1, -0.05) is 0 Å². The fourth-order valence-corrected chi connectivity index (χ4v) is 1.57. The van der Waals surface area contributed by atoms with Gasteiger partial charge in [-0.05, 0) is 39.1 Å². The molecule has 0 spiro atoms. The minimum Gasteiger partial charge on any atom is -0.383 e. The Morgan fingerprint density at radius 1 is 1.44 bits per heavy atom. The number of rotatable bonds is 6. The Morgan fingerprint density at radius 3 is 2.78 bits per heavy atom. The van der Waals surface area contributed by atoms with Crippen LogP contribution < -0.4 is 10.6 Å². The summed E-state index contributed by atoms with van der Waals surface area (Å²) in [6, 6.07) is 3.77. The van der Waals surface area contributed by atoms with Crippen LogP contribution in [0.3, 0.4) is 0 Å². The van der Waals surface area contributed by atoms with Gasteiger partial charge in [0.25, 0.3) is 0 Å². The highest BCUT2D eigenvalue weighted by molar-refractivity contribution is 5.93. The summed E-state index contributed by atoms with van der Waals surface area (Å²) in [6.45, 7) is 1.85. The Kier molecular flexibility index (Phi) is 4.15. The van der Waals surface area contributed by atoms with Crippen molar-refractivity contribution in [3.8, 4) is 0 Å². The van der Waals surface area contributed by atoms with Gasteiger partial charge in [0.1, 0.15) is 5.82 Å². The monoisotopic (exact) mass is 248 g/mol. The van der Waals surface area contributed by atoms with Gasteiger partial charge in [-0.25, -0.2) is 4.98 Å². The lowest BCUT2D eigenvalue weighted by molar-refractivity contribution is -0.117. The van der Waals surface area contributed by atoms with Gasteiger partial charge in [-0.3, -0.25) is 4.79 Å². The number of nitrogens with zero attached hydrogens (tertiary/aromatic N) is 2. The third kappa shape index (κ3) is 4.00. The molecule has 1 aliphatic rings. The van der Waals surface area contributed by atoms with E-state index in [1.807, 2.05) is 26.2 Å². The first-order chi connectivity index (χ1) is 8.65. The molecule has 18 heavy (non-hydrogen) atoms. The lowest BCUT2D eigenvalue weighted by Gasteiger charge is -2.11. The molecule has 1 heterocycles. The first-order valence-electron chi connectivity index (χ1n) is 6.30. The van der Waals surface area contributed by atoms with E-state index in [1.165, 1.54) is 0 Å². The minimum atomic E-state index is 0.0933. The van der Waals surface area contributed by atoms with Crippen LogP contribution in [0.1, 0.15) is 12.8 Å². The average molecular weight is 248 g/mol. The standard InChI is InChI=1S/C13H20N4O/c1-17(2)8-7-14-11-5-6-12(15-9-11)16-13(18)10-3-4-10/h5-6,9-10,14H,3-4,7-8H2,1-2H3,(H,15,16,18). The molecule has 1 aliphatic carbocycles. The number of hydrogen-bond acceptors (Lipinski definition) is 4. The summed E-state index contributed by atoms with van der Waals surface area (Å²) in [7, 11) is 4.08. The van der Waals surface area contributed by atoms with Crippen LogP contribution >= 0.6 is 0 Å². The topological polar surface area (TPSA) is 57.3 Å². The van der Waals surface area contributed by atoms with Crippen LogP contribution in [0, 0.1) is 5.92 Å². The highest BCUT2D eigenvalue weighted by Crippen LogP contribution is 2.29. The fourth-order valence-electron chi connectivity index (χ4n) is 1.57. The van der Waals surface area contributed by atoms with E-state index in [2.05, 4.69) is 20.5 Å². The molecule has 1 aromatic rings. The quantitative estimate of drug-likeness (QED) is 0.799. The molecule has 1 aromatic heterocycles. The van der Waals surface area contributed by atoms with E-state index in [1.54, 1.807) is 6.20 Å². The average Bonchev–Trinajstić information content (AvgIpc) is 3.15. The van der Waals surface area contributed by atoms with Crippen LogP contribution in [0.5, 0.6) is 0 Å². The lowest BCUT2D eigenvalue weighted by atomic mass is 10.3. The van der Waals surface area contributed by atoms with Crippen LogP contribution in [-0.2, 0) is 4.79 Å². The molecule has 2 N–H and O–H groups in total. The Balaban J connectivity index is 1.79. The number of aromatic nitrogens is 1. The number of hydrogen-bond donors (Lipinski definition) is 2. The molecule has 5 nitrogen and oxygen atoms in total. The number of carbonyl (C=O) groups excluding carboxylic acids is 1. The maximum atomic E-state index is 11.5. The molecule has 0 aliphatic heterocycles. The molecule has 0 bridgehead atoms. The molecule has 2 rings (SSSR count). The van der Waals surface area contributed by atoms with Gasteiger partial charge >= 0.3 is 0 Å². The summed E-state index contributed by atoms with van der Waals surface area (Å²) in [4.78, 5) is 17.9. The second kappa shape index (κ2) is 5.82. The normalized spacial score (nSPS) is 14.6. The zero-order valence-corrected chi connectivity index (χ0v) is 10.9. The van der Waals surface area contributed by atoms with Crippen molar-refractivity contribution in [1.29, 1.82) is 0 Å². The lowest BCUT2D eigenvalue weighted by Crippen LogP contribution is -2.20. The number of anilines is 2. The second-order valence-electron chi connectivity index (χ2n) is 4.93. The van der Waals surface area contributed by atoms with Crippen molar-refractivity contribution >= 4 is 17.4 Å². The van der Waals surface area contributed by atoms with Crippen molar-refractivity contribution in [2.24, 2.45) is 5.92 Å². The number of amides is 1. The van der Waals surface area contributed by atoms with Crippen LogP contribution in [0.2, 0.25) is 0 Å². The van der Waals surface area contributed by atoms with Crippen LogP contribution in [0.25, 0.3) is 0 Å². The van der Waals surface area contributed by atoms with Crippen molar-refractivity contribution in [2.75, 3.05) is 37.8 Å². The van der Waals surface area contributed by atoms with E-state index in [4.69, 9.17) is 0 Å². The van der Waals surface area contributed by atoms with Crippen molar-refractivity contribution in [2.45, 2.75) is 12.8 Å². The van der Waals surface area contributed by atoms with E-state index in [-0.39, 0.29) is 11.8 Å². The molecule has 1 fully saturated rings. The summed E-state index contributed by atoms with van der Waals surface area (Å²) in [5.74, 6) is 0.936. The van der Waals surface area contributed by atoms with Crippen LogP contribution in [0.4, 0.5) is 11.5 Å². The Bertz CT molecular complexity index is 398. The van der Waals surface area contributed by atoms with Crippen molar-refractivity contribution in [1.82, 2.24) is 9.88 Å². The van der Waals surface area contributed by atoms with E-state index >= 15 is 0 Å². The molecule has 0 aromatic carbocycles. The SMILES string of the molecule is CN(C)CCNc1ccc(NC(=O)C2CC2)nc1. The first kappa shape index (κ1) is 12.8. The van der Waals surface area contributed by atoms with E-state index in [0.29, 0.717) is 5.82 Å². The summed E-state index contributed by atoms with van der Waals surface area (Å²) in [5.41, 5.74) is 0.973. The number of carbonyl (C=O) groups is 1. The predicted octanol–water partition coefficient (Wildman–Crippen LogP) is 1.40. The van der Waals surface area contributed by atoms with Crippen molar-refractivity contribution in [3.05, 3.63) is 18.3 Å². The van der Waals surface area contributed by atoms with Gasteiger partial charge in [0, 0.05) is 19.0 Å². The molecule has 1 amide bonds. The molecule has 0 atom stereocenters. The molecule has 98 valence electrons. The molecule has 0 radical (unpaired) electrons. The maximum Gasteiger partial charge on any atom is 0.228 e. The van der Waals surface area contributed by atoms with Gasteiger partial charge in [-0.2, -0.15) is 0 Å². The summed E-state index contributed by atoms with van der Waals surface area (Å²) in [6.07, 6.45) is 3.77. The summed E-state index contributed by atoms with van der Waals surface area (Å²) < 4.78 is 0.